The van der Waals surface area contributed by atoms with Gasteiger partial charge in [-0.2, -0.15) is 0 Å². The molecule has 12 N–H and O–H groups in total. The van der Waals surface area contributed by atoms with Crippen molar-refractivity contribution in [3.63, 3.8) is 0 Å². The zero-order valence-electron chi connectivity index (χ0n) is 47.5. The summed E-state index contributed by atoms with van der Waals surface area (Å²) < 4.78 is 48.0. The Hall–Kier alpha value is -4.06. The lowest BCUT2D eigenvalue weighted by Gasteiger charge is -2.47. The number of ether oxygens (including phenoxy) is 4. The number of sulfone groups is 1. The number of fused-ring (bicyclic) bond motifs is 2. The number of hydrogen-bond donors (Lipinski definition) is 12. The van der Waals surface area contributed by atoms with Crippen LogP contribution in [0.15, 0.2) is 85.1 Å². The minimum atomic E-state index is -3.26. The number of carbonyl (C=O) groups excluding carboxylic acids is 3. The van der Waals surface area contributed by atoms with Gasteiger partial charge in [-0.1, -0.05) is 98.9 Å². The highest BCUT2D eigenvalue weighted by Crippen LogP contribution is 2.39. The molecule has 0 aromatic heterocycles. The number of rotatable bonds is 9. The highest BCUT2D eigenvalue weighted by Gasteiger charge is 2.52. The van der Waals surface area contributed by atoms with Crippen LogP contribution >= 0.6 is 0 Å². The predicted octanol–water partition coefficient (Wildman–Crippen LogP) is -0.807. The summed E-state index contributed by atoms with van der Waals surface area (Å²) in [6.45, 7) is 7.84. The maximum Gasteiger partial charge on any atom is 0.308 e. The van der Waals surface area contributed by atoms with Crippen molar-refractivity contribution in [2.24, 2.45) is 17.8 Å². The number of carbonyl (C=O) groups is 3. The van der Waals surface area contributed by atoms with Gasteiger partial charge in [-0.05, 0) is 40.2 Å². The molecule has 3 fully saturated rings. The third-order valence-corrected chi connectivity index (χ3v) is 16.0. The van der Waals surface area contributed by atoms with E-state index in [0.717, 1.165) is 6.26 Å². The van der Waals surface area contributed by atoms with Gasteiger partial charge >= 0.3 is 5.97 Å². The first-order valence-electron chi connectivity index (χ1n) is 28.0. The average Bonchev–Trinajstić information content (AvgIpc) is 3.41. The van der Waals surface area contributed by atoms with Crippen LogP contribution in [0.2, 0.25) is 0 Å². The number of likely N-dealkylation sites (N-methyl/N-ethyl adjacent to an activating group) is 1. The molecule has 0 radical (unpaired) electrons. The monoisotopic (exact) mass is 1170 g/mol. The normalized spacial score (nSPS) is 40.4. The van der Waals surface area contributed by atoms with Crippen molar-refractivity contribution >= 4 is 27.6 Å². The van der Waals surface area contributed by atoms with Gasteiger partial charge in [0.25, 0.3) is 0 Å². The van der Waals surface area contributed by atoms with E-state index in [-0.39, 0.29) is 63.5 Å². The summed E-state index contributed by atoms with van der Waals surface area (Å²) >= 11 is 0. The van der Waals surface area contributed by atoms with E-state index in [0.29, 0.717) is 13.1 Å². The van der Waals surface area contributed by atoms with Crippen LogP contribution < -0.4 is 10.6 Å². The third kappa shape index (κ3) is 23.8. The average molecular weight is 1170 g/mol. The van der Waals surface area contributed by atoms with Gasteiger partial charge in [0.1, 0.15) is 28.1 Å². The molecule has 4 aliphatic rings. The molecule has 19 atom stereocenters. The molecule has 81 heavy (non-hydrogen) atoms. The van der Waals surface area contributed by atoms with E-state index in [4.69, 9.17) is 18.9 Å². The molecule has 24 heteroatoms. The van der Waals surface area contributed by atoms with Gasteiger partial charge < -0.3 is 85.5 Å². The Kier molecular flexibility index (Phi) is 29.2. The number of amides is 2. The minimum absolute atomic E-state index is 0.0774. The molecule has 0 spiro atoms. The zero-order valence-corrected chi connectivity index (χ0v) is 48.3. The maximum absolute atomic E-state index is 14.6. The van der Waals surface area contributed by atoms with Crippen molar-refractivity contribution in [1.82, 2.24) is 20.4 Å². The standard InChI is InChI=1S/C57H92N4O19S/c1-36-19-17-15-13-11-9-7-8-10-12-14-16-18-20-43(79-56-54(72)51(53(71)39(4)78-56)59-48(68)35-58-5)32-47-50(55(73)61-25-23-60(24-26-61)27-28-81(6,75)76)46(67)34-57(74,80-47)33-42(64)30-45(66)44(65)22-21-40(62)29-41(63)31-49(69)77-38(3)37(2)52(36)70/h7-20,36-47,50-54,56,58,62-67,70-72,74H,21-35H2,1-6H3,(H,59,68)/b8-7+,11-9+,12-10+,15-13+,16-14+,19-17+,20-18+/t36-,37-,38-,39+,40+,41+,42-,43-,44+,45+,46-,47-,50+,51-,52+,53+,54-,56-,57+/m0/s1. The highest BCUT2D eigenvalue weighted by molar-refractivity contribution is 7.90. The van der Waals surface area contributed by atoms with Crippen molar-refractivity contribution in [1.29, 1.82) is 0 Å². The summed E-state index contributed by atoms with van der Waals surface area (Å²) in [7, 11) is -1.71. The summed E-state index contributed by atoms with van der Waals surface area (Å²) in [5.41, 5.74) is 0. The van der Waals surface area contributed by atoms with E-state index < -0.39 is 163 Å². The molecule has 2 amide bonds. The second-order valence-electron chi connectivity index (χ2n) is 22.1. The van der Waals surface area contributed by atoms with Gasteiger partial charge in [0, 0.05) is 76.5 Å². The number of piperazine rings is 1. The van der Waals surface area contributed by atoms with E-state index in [1.165, 1.54) is 11.8 Å². The van der Waals surface area contributed by atoms with Crippen LogP contribution in [0.25, 0.3) is 0 Å². The molecule has 0 aromatic rings. The summed E-state index contributed by atoms with van der Waals surface area (Å²) in [5, 5.41) is 118. The lowest BCUT2D eigenvalue weighted by atomic mass is 9.81. The van der Waals surface area contributed by atoms with Crippen molar-refractivity contribution in [2.75, 3.05) is 58.3 Å². The van der Waals surface area contributed by atoms with Crippen LogP contribution in [0.1, 0.15) is 79.1 Å². The molecule has 4 heterocycles. The number of aliphatic hydroxyl groups is 10. The molecule has 2 bridgehead atoms. The Labute approximate surface area is 476 Å². The molecule has 4 aliphatic heterocycles. The van der Waals surface area contributed by atoms with Gasteiger partial charge in [0.05, 0.1) is 91.7 Å². The Morgan fingerprint density at radius 1 is 0.704 bits per heavy atom. The number of nitrogens with zero attached hydrogens (tertiary/aromatic N) is 2. The SMILES string of the molecule is CNCC(=O)N[C@@H]1[C@H](O)[C@H](O[C@H]2/C=C/C=C/C=C/C=C/C=C/C=C/C=C/[C@H](C)[C@@H](O)[C@@H](C)[C@H](C)OC(=O)C[C@H](O)C[C@H](O)CC[C@@H](O)[C@H](O)C[C@H](O)C[C@]3(O)C[C@H](O)[C@@H](C(=O)N4CCN(CCS(C)(=O)=O)CC4)[C@H](C2)O3)O[C@H](C)[C@H]1O. The van der Waals surface area contributed by atoms with Crippen molar-refractivity contribution < 1.29 is 92.8 Å². The van der Waals surface area contributed by atoms with Gasteiger partial charge in [0.2, 0.25) is 11.8 Å². The molecule has 3 saturated heterocycles. The Morgan fingerprint density at radius 3 is 1.89 bits per heavy atom. The van der Waals surface area contributed by atoms with Crippen LogP contribution in [-0.4, -0.2) is 243 Å². The number of cyclic esters (lactones) is 1. The van der Waals surface area contributed by atoms with Crippen LogP contribution in [0.5, 0.6) is 0 Å². The Morgan fingerprint density at radius 2 is 1.30 bits per heavy atom. The van der Waals surface area contributed by atoms with Gasteiger partial charge in [-0.3, -0.25) is 19.3 Å². The molecule has 0 saturated carbocycles. The van der Waals surface area contributed by atoms with E-state index >= 15 is 0 Å². The fourth-order valence-electron chi connectivity index (χ4n) is 10.2. The van der Waals surface area contributed by atoms with Gasteiger partial charge in [-0.25, -0.2) is 8.42 Å². The molecule has 0 unspecified atom stereocenters. The summed E-state index contributed by atoms with van der Waals surface area (Å²) in [5.74, 6) is -6.39. The quantitative estimate of drug-likeness (QED) is 0.126. The first kappa shape index (κ1) is 69.4. The summed E-state index contributed by atoms with van der Waals surface area (Å²) in [4.78, 5) is 43.5. The number of esters is 1. The number of aliphatic hydroxyl groups excluding tert-OH is 9. The van der Waals surface area contributed by atoms with Crippen molar-refractivity contribution in [3.8, 4) is 0 Å². The molecule has 460 valence electrons. The lowest BCUT2D eigenvalue weighted by molar-refractivity contribution is -0.308. The number of hydrogen-bond acceptors (Lipinski definition) is 21. The van der Waals surface area contributed by atoms with Crippen LogP contribution in [0.4, 0.5) is 0 Å². The Balaban J connectivity index is 1.67. The molecule has 0 aromatic carbocycles. The second kappa shape index (κ2) is 34.0. The third-order valence-electron chi connectivity index (χ3n) is 15.1. The van der Waals surface area contributed by atoms with E-state index in [1.807, 2.05) is 24.0 Å². The molecule has 23 nitrogen and oxygen atoms in total. The van der Waals surface area contributed by atoms with Crippen LogP contribution in [-0.2, 0) is 43.2 Å². The van der Waals surface area contributed by atoms with E-state index in [9.17, 15) is 73.9 Å². The largest absolute Gasteiger partial charge is 0.462 e. The fraction of sp³-hybridized carbons (Fsp3) is 0.702. The molecule has 0 aliphatic carbocycles. The van der Waals surface area contributed by atoms with Crippen LogP contribution in [0, 0.1) is 17.8 Å². The fourth-order valence-corrected chi connectivity index (χ4v) is 10.8. The van der Waals surface area contributed by atoms with Crippen molar-refractivity contribution in [3.05, 3.63) is 85.1 Å². The van der Waals surface area contributed by atoms with Crippen LogP contribution in [0.3, 0.4) is 0 Å². The van der Waals surface area contributed by atoms with Crippen molar-refractivity contribution in [2.45, 2.75) is 177 Å². The molecular formula is C57H92N4O19S. The van der Waals surface area contributed by atoms with E-state index in [1.54, 1.807) is 93.8 Å². The Bertz CT molecular complexity index is 2270. The first-order chi connectivity index (χ1) is 38.2. The lowest BCUT2D eigenvalue weighted by Crippen LogP contribution is -2.64. The summed E-state index contributed by atoms with van der Waals surface area (Å²) in [6, 6.07) is -1.25. The predicted molar refractivity (Wildman–Crippen MR) is 300 cm³/mol. The smallest absolute Gasteiger partial charge is 0.308 e. The second-order valence-corrected chi connectivity index (χ2v) is 24.3. The van der Waals surface area contributed by atoms with Gasteiger partial charge in [0.15, 0.2) is 12.1 Å². The molecule has 4 rings (SSSR count). The highest BCUT2D eigenvalue weighted by atomic mass is 32.2. The maximum atomic E-state index is 14.6. The number of nitrogens with one attached hydrogen (secondary N) is 2. The summed E-state index contributed by atoms with van der Waals surface area (Å²) in [6.07, 6.45) is 4.06. The topological polar surface area (TPSA) is 355 Å². The molecular weight excluding hydrogens is 1080 g/mol. The van der Waals surface area contributed by atoms with E-state index in [2.05, 4.69) is 10.6 Å². The first-order valence-corrected chi connectivity index (χ1v) is 30.1. The van der Waals surface area contributed by atoms with Gasteiger partial charge in [-0.15, -0.1) is 0 Å². The zero-order chi connectivity index (χ0) is 60.0. The number of allylic oxidation sites excluding steroid dienone is 12. The minimum Gasteiger partial charge on any atom is -0.462 e.